The summed E-state index contributed by atoms with van der Waals surface area (Å²) in [5.74, 6) is 1.43. The largest absolute Gasteiger partial charge is 0.0587 e. The van der Waals surface area contributed by atoms with Crippen LogP contribution in [0.4, 0.5) is 0 Å². The SMILES string of the molecule is Cc1cc(C)c(-c2c3cc(C(C)C)c(C(C)C)cc3c(-c3c(C)cc(C)cc3C)c3c(-c4c(C)cc(C)cc4C)c4cc(C(C)C)c(C(C)C)cc4c(-c4c(C)cc(C)cc4C)c23)c(C)c1. The number of hydrogen-bond acceptors (Lipinski definition) is 0. The van der Waals surface area contributed by atoms with Gasteiger partial charge in [0.15, 0.2) is 0 Å². The van der Waals surface area contributed by atoms with Crippen molar-refractivity contribution in [2.75, 3.05) is 0 Å². The number of aryl methyl sites for hydroxylation is 12. The summed E-state index contributed by atoms with van der Waals surface area (Å²) in [5, 5.41) is 8.18. The minimum absolute atomic E-state index is 0.357. The Labute approximate surface area is 398 Å². The first-order valence-corrected chi connectivity index (χ1v) is 25.0. The number of hydrogen-bond donors (Lipinski definition) is 0. The Hall–Kier alpha value is -5.46. The molecule has 0 spiro atoms. The molecule has 8 rings (SSSR count). The zero-order valence-corrected chi connectivity index (χ0v) is 44.2. The molecule has 0 atom stereocenters. The predicted molar refractivity (Wildman–Crippen MR) is 294 cm³/mol. The highest BCUT2D eigenvalue weighted by atomic mass is 14.3. The van der Waals surface area contributed by atoms with Crippen molar-refractivity contribution in [2.24, 2.45) is 0 Å². The van der Waals surface area contributed by atoms with E-state index in [2.05, 4.69) is 211 Å². The third-order valence-electron chi connectivity index (χ3n) is 15.0. The van der Waals surface area contributed by atoms with E-state index < -0.39 is 0 Å². The molecule has 0 heteroatoms. The molecule has 0 saturated carbocycles. The molecule has 8 aromatic rings. The van der Waals surface area contributed by atoms with Gasteiger partial charge in [0.1, 0.15) is 0 Å². The van der Waals surface area contributed by atoms with Crippen LogP contribution in [0.3, 0.4) is 0 Å². The van der Waals surface area contributed by atoms with Crippen molar-refractivity contribution in [3.8, 4) is 44.5 Å². The topological polar surface area (TPSA) is 0 Å². The van der Waals surface area contributed by atoms with E-state index in [9.17, 15) is 0 Å². The third-order valence-corrected chi connectivity index (χ3v) is 15.0. The van der Waals surface area contributed by atoms with Crippen LogP contribution in [0.25, 0.3) is 76.8 Å². The maximum atomic E-state index is 2.65. The van der Waals surface area contributed by atoms with E-state index in [0.29, 0.717) is 23.7 Å². The molecule has 8 aromatic carbocycles. The van der Waals surface area contributed by atoms with Crippen LogP contribution in [0.1, 0.15) is 168 Å². The molecule has 0 nitrogen and oxygen atoms in total. The normalized spacial score (nSPS) is 12.2. The maximum absolute atomic E-state index is 2.65. The van der Waals surface area contributed by atoms with Crippen LogP contribution < -0.4 is 0 Å². The lowest BCUT2D eigenvalue weighted by Crippen LogP contribution is -2.06. The average molecular weight is 869 g/mol. The Kier molecular flexibility index (Phi) is 12.3. The van der Waals surface area contributed by atoms with Crippen LogP contribution in [-0.4, -0.2) is 0 Å². The summed E-state index contributed by atoms with van der Waals surface area (Å²) in [6.07, 6.45) is 0. The molecule has 66 heavy (non-hydrogen) atoms. The van der Waals surface area contributed by atoms with Crippen molar-refractivity contribution < 1.29 is 0 Å². The number of fused-ring (bicyclic) bond motifs is 3. The molecule has 0 unspecified atom stereocenters. The first-order chi connectivity index (χ1) is 31.0. The summed E-state index contributed by atoms with van der Waals surface area (Å²) in [7, 11) is 0. The summed E-state index contributed by atoms with van der Waals surface area (Å²) in [6, 6.07) is 30.0. The zero-order chi connectivity index (χ0) is 48.1. The Morgan fingerprint density at radius 1 is 0.212 bits per heavy atom. The van der Waals surface area contributed by atoms with Crippen LogP contribution in [-0.2, 0) is 0 Å². The van der Waals surface area contributed by atoms with Gasteiger partial charge in [-0.05, 0) is 275 Å². The van der Waals surface area contributed by atoms with Gasteiger partial charge in [-0.3, -0.25) is 0 Å². The standard InChI is InChI=1S/C66H76/c1-33(2)49-29-53-54(30-50(49)34(3)4)62(58-43(15)23-38(10)24-44(58)16)66-64(60-47(19)27-40(12)28-48(60)20)56-32-52(36(7)8)51(35(5)6)31-55(56)63(59-45(17)25-39(11)26-46(59)18)65(66)61(53)57-41(13)21-37(9)22-42(57)14/h21-36H,1-20H3. The highest BCUT2D eigenvalue weighted by Gasteiger charge is 2.32. The molecule has 0 bridgehead atoms. The predicted octanol–water partition coefficient (Wildman–Crippen LogP) is 20.0. The van der Waals surface area contributed by atoms with E-state index >= 15 is 0 Å². The second-order valence-electron chi connectivity index (χ2n) is 22.0. The molecular weight excluding hydrogens is 793 g/mol. The molecule has 0 amide bonds. The monoisotopic (exact) mass is 869 g/mol. The first kappa shape index (κ1) is 47.0. The van der Waals surface area contributed by atoms with Crippen molar-refractivity contribution >= 4 is 32.3 Å². The van der Waals surface area contributed by atoms with Crippen LogP contribution in [0, 0.1) is 83.1 Å². The molecule has 0 aliphatic carbocycles. The molecule has 0 saturated heterocycles. The van der Waals surface area contributed by atoms with E-state index in [0.717, 1.165) is 0 Å². The fraction of sp³-hybridized carbons (Fsp3) is 0.364. The quantitative estimate of drug-likeness (QED) is 0.134. The lowest BCUT2D eigenvalue weighted by atomic mass is 9.72. The van der Waals surface area contributed by atoms with Gasteiger partial charge in [-0.25, -0.2) is 0 Å². The highest BCUT2D eigenvalue weighted by Crippen LogP contribution is 2.58. The average Bonchev–Trinajstić information content (AvgIpc) is 3.19. The van der Waals surface area contributed by atoms with Crippen molar-refractivity contribution in [2.45, 2.75) is 162 Å². The number of benzene rings is 8. The fourth-order valence-corrected chi connectivity index (χ4v) is 12.7. The summed E-state index contributed by atoms with van der Waals surface area (Å²) in [4.78, 5) is 0. The Morgan fingerprint density at radius 3 is 0.500 bits per heavy atom. The van der Waals surface area contributed by atoms with Crippen LogP contribution in [0.5, 0.6) is 0 Å². The van der Waals surface area contributed by atoms with Gasteiger partial charge in [-0.1, -0.05) is 126 Å². The van der Waals surface area contributed by atoms with E-state index in [4.69, 9.17) is 0 Å². The van der Waals surface area contributed by atoms with Crippen molar-refractivity contribution in [3.63, 3.8) is 0 Å². The molecule has 0 N–H and O–H groups in total. The lowest BCUT2D eigenvalue weighted by molar-refractivity contribution is 0.793. The van der Waals surface area contributed by atoms with E-state index in [1.807, 2.05) is 0 Å². The summed E-state index contributed by atoms with van der Waals surface area (Å²) < 4.78 is 0. The minimum Gasteiger partial charge on any atom is -0.0587 e. The molecular formula is C66H76. The molecule has 0 heterocycles. The molecule has 0 aliphatic rings. The van der Waals surface area contributed by atoms with E-state index in [1.54, 1.807) is 0 Å². The minimum atomic E-state index is 0.357. The summed E-state index contributed by atoms with van der Waals surface area (Å²) in [5.41, 5.74) is 32.6. The number of rotatable bonds is 8. The molecule has 0 fully saturated rings. The van der Waals surface area contributed by atoms with Gasteiger partial charge in [0.05, 0.1) is 0 Å². The van der Waals surface area contributed by atoms with Crippen molar-refractivity contribution in [1.29, 1.82) is 0 Å². The van der Waals surface area contributed by atoms with Crippen molar-refractivity contribution in [1.82, 2.24) is 0 Å². The second kappa shape index (κ2) is 17.3. The van der Waals surface area contributed by atoms with Gasteiger partial charge in [0.25, 0.3) is 0 Å². The highest BCUT2D eigenvalue weighted by molar-refractivity contribution is 6.35. The van der Waals surface area contributed by atoms with Crippen LogP contribution in [0.15, 0.2) is 72.8 Å². The van der Waals surface area contributed by atoms with E-state index in [-0.39, 0.29) is 0 Å². The van der Waals surface area contributed by atoms with Crippen molar-refractivity contribution in [3.05, 3.63) is 162 Å². The third kappa shape index (κ3) is 7.71. The Morgan fingerprint density at radius 2 is 0.364 bits per heavy atom. The Balaban J connectivity index is 1.95. The summed E-state index contributed by atoms with van der Waals surface area (Å²) >= 11 is 0. The van der Waals surface area contributed by atoms with Gasteiger partial charge in [-0.2, -0.15) is 0 Å². The molecule has 0 aliphatic heterocycles. The second-order valence-corrected chi connectivity index (χ2v) is 22.0. The molecule has 340 valence electrons. The van der Waals surface area contributed by atoms with Gasteiger partial charge in [-0.15, -0.1) is 0 Å². The van der Waals surface area contributed by atoms with Gasteiger partial charge in [0.2, 0.25) is 0 Å². The Bertz CT molecular complexity index is 2770. The van der Waals surface area contributed by atoms with Gasteiger partial charge in [0, 0.05) is 0 Å². The first-order valence-electron chi connectivity index (χ1n) is 25.0. The lowest BCUT2D eigenvalue weighted by Gasteiger charge is -2.31. The maximum Gasteiger partial charge on any atom is -0.0000977 e. The molecule has 0 radical (unpaired) electrons. The summed E-state index contributed by atoms with van der Waals surface area (Å²) in [6.45, 7) is 47.1. The van der Waals surface area contributed by atoms with Gasteiger partial charge < -0.3 is 0 Å². The molecule has 0 aromatic heterocycles. The van der Waals surface area contributed by atoms with Crippen LogP contribution >= 0.6 is 0 Å². The fourth-order valence-electron chi connectivity index (χ4n) is 12.7. The van der Waals surface area contributed by atoms with Gasteiger partial charge >= 0.3 is 0 Å². The van der Waals surface area contributed by atoms with E-state index in [1.165, 1.54) is 166 Å². The van der Waals surface area contributed by atoms with Crippen LogP contribution in [0.2, 0.25) is 0 Å². The zero-order valence-electron chi connectivity index (χ0n) is 44.2. The smallest absolute Gasteiger partial charge is 0.0000977 e.